The Labute approximate surface area is 223 Å². The Morgan fingerprint density at radius 3 is 2.47 bits per heavy atom. The molecule has 0 spiro atoms. The van der Waals surface area contributed by atoms with E-state index in [1.54, 1.807) is 12.4 Å². The van der Waals surface area contributed by atoms with Gasteiger partial charge in [-0.05, 0) is 65.4 Å². The maximum Gasteiger partial charge on any atom is 0.261 e. The van der Waals surface area contributed by atoms with E-state index in [0.717, 1.165) is 23.1 Å². The number of ether oxygens (including phenoxy) is 1. The maximum atomic E-state index is 13.6. The first kappa shape index (κ1) is 25.2. The number of aromatic nitrogens is 1. The fourth-order valence-corrected chi connectivity index (χ4v) is 4.92. The highest BCUT2D eigenvalue weighted by molar-refractivity contribution is 5.95. The van der Waals surface area contributed by atoms with Gasteiger partial charge in [-0.1, -0.05) is 67.6 Å². The monoisotopic (exact) mass is 505 g/mol. The summed E-state index contributed by atoms with van der Waals surface area (Å²) in [7, 11) is 0. The lowest BCUT2D eigenvalue weighted by Gasteiger charge is -2.38. The highest BCUT2D eigenvalue weighted by Gasteiger charge is 2.33. The van der Waals surface area contributed by atoms with Crippen LogP contribution in [0.2, 0.25) is 0 Å². The van der Waals surface area contributed by atoms with Crippen molar-refractivity contribution >= 4 is 11.8 Å². The van der Waals surface area contributed by atoms with Crippen molar-refractivity contribution in [3.8, 4) is 5.75 Å². The lowest BCUT2D eigenvalue weighted by molar-refractivity contribution is -0.128. The van der Waals surface area contributed by atoms with Crippen molar-refractivity contribution in [2.24, 2.45) is 0 Å². The first-order valence-electron chi connectivity index (χ1n) is 13.0. The van der Waals surface area contributed by atoms with Gasteiger partial charge in [-0.2, -0.15) is 0 Å². The molecule has 38 heavy (non-hydrogen) atoms. The SMILES string of the molecule is CCC(Oc1ccc2c(c1)C(c1ccccc1)N(C(=O)c1ccccc1)CC2)C(=O)NCc1cccnc1. The minimum atomic E-state index is -0.634. The Balaban J connectivity index is 1.41. The molecule has 1 aliphatic heterocycles. The minimum Gasteiger partial charge on any atom is -0.481 e. The molecule has 3 aromatic carbocycles. The molecule has 2 atom stereocenters. The summed E-state index contributed by atoms with van der Waals surface area (Å²) >= 11 is 0. The molecule has 2 heterocycles. The summed E-state index contributed by atoms with van der Waals surface area (Å²) in [6.45, 7) is 2.94. The van der Waals surface area contributed by atoms with Crippen LogP contribution in [0.4, 0.5) is 0 Å². The molecule has 1 N–H and O–H groups in total. The number of rotatable bonds is 8. The molecule has 6 nitrogen and oxygen atoms in total. The molecule has 0 fully saturated rings. The molecule has 192 valence electrons. The van der Waals surface area contributed by atoms with Gasteiger partial charge in [0.05, 0.1) is 6.04 Å². The largest absolute Gasteiger partial charge is 0.481 e. The fraction of sp³-hybridized carbons (Fsp3) is 0.219. The molecule has 0 aliphatic carbocycles. The van der Waals surface area contributed by atoms with Crippen molar-refractivity contribution in [2.75, 3.05) is 6.54 Å². The van der Waals surface area contributed by atoms with Crippen molar-refractivity contribution < 1.29 is 14.3 Å². The number of amides is 2. The zero-order valence-corrected chi connectivity index (χ0v) is 21.4. The molecule has 6 heteroatoms. The van der Waals surface area contributed by atoms with Gasteiger partial charge in [-0.15, -0.1) is 0 Å². The first-order chi connectivity index (χ1) is 18.6. The average Bonchev–Trinajstić information content (AvgIpc) is 2.99. The van der Waals surface area contributed by atoms with Crippen LogP contribution in [-0.2, 0) is 17.8 Å². The van der Waals surface area contributed by atoms with E-state index >= 15 is 0 Å². The molecule has 0 saturated carbocycles. The van der Waals surface area contributed by atoms with Gasteiger partial charge in [0.25, 0.3) is 11.8 Å². The summed E-state index contributed by atoms with van der Waals surface area (Å²) in [6.07, 6.45) is 4.08. The normalized spacial score (nSPS) is 15.3. The lowest BCUT2D eigenvalue weighted by atomic mass is 9.87. The van der Waals surface area contributed by atoms with Crippen LogP contribution in [0.1, 0.15) is 52.0 Å². The van der Waals surface area contributed by atoms with E-state index in [-0.39, 0.29) is 17.9 Å². The summed E-state index contributed by atoms with van der Waals surface area (Å²) in [5, 5.41) is 2.95. The third kappa shape index (κ3) is 5.59. The van der Waals surface area contributed by atoms with Gasteiger partial charge < -0.3 is 15.0 Å². The molecule has 1 aliphatic rings. The van der Waals surface area contributed by atoms with Gasteiger partial charge in [-0.3, -0.25) is 14.6 Å². The second kappa shape index (κ2) is 11.7. The lowest BCUT2D eigenvalue weighted by Crippen LogP contribution is -2.41. The van der Waals surface area contributed by atoms with Crippen molar-refractivity contribution in [3.63, 3.8) is 0 Å². The van der Waals surface area contributed by atoms with Crippen LogP contribution in [-0.4, -0.2) is 34.3 Å². The van der Waals surface area contributed by atoms with E-state index in [4.69, 9.17) is 4.74 Å². The highest BCUT2D eigenvalue weighted by atomic mass is 16.5. The van der Waals surface area contributed by atoms with Crippen molar-refractivity contribution in [2.45, 2.75) is 38.5 Å². The van der Waals surface area contributed by atoms with Crippen molar-refractivity contribution in [1.82, 2.24) is 15.2 Å². The summed E-state index contributed by atoms with van der Waals surface area (Å²) in [5.74, 6) is 0.439. The molecular weight excluding hydrogens is 474 g/mol. The Morgan fingerprint density at radius 1 is 1.00 bits per heavy atom. The Kier molecular flexibility index (Phi) is 7.78. The first-order valence-corrected chi connectivity index (χ1v) is 13.0. The number of nitrogens with zero attached hydrogens (tertiary/aromatic N) is 2. The molecular formula is C32H31N3O3. The van der Waals surface area contributed by atoms with Crippen LogP contribution in [0.5, 0.6) is 5.75 Å². The molecule has 1 aromatic heterocycles. The molecule has 0 bridgehead atoms. The topological polar surface area (TPSA) is 71.5 Å². The zero-order valence-electron chi connectivity index (χ0n) is 21.4. The van der Waals surface area contributed by atoms with E-state index in [9.17, 15) is 9.59 Å². The van der Waals surface area contributed by atoms with Gasteiger partial charge in [0.2, 0.25) is 0 Å². The number of hydrogen-bond donors (Lipinski definition) is 1. The van der Waals surface area contributed by atoms with Gasteiger partial charge in [-0.25, -0.2) is 0 Å². The smallest absolute Gasteiger partial charge is 0.261 e. The van der Waals surface area contributed by atoms with Crippen molar-refractivity contribution in [3.05, 3.63) is 131 Å². The predicted octanol–water partition coefficient (Wildman–Crippen LogP) is 5.34. The van der Waals surface area contributed by atoms with E-state index in [0.29, 0.717) is 30.8 Å². The summed E-state index contributed by atoms with van der Waals surface area (Å²) in [4.78, 5) is 32.6. The Hall–Kier alpha value is -4.45. The predicted molar refractivity (Wildman–Crippen MR) is 147 cm³/mol. The number of nitrogens with one attached hydrogen (secondary N) is 1. The highest BCUT2D eigenvalue weighted by Crippen LogP contribution is 2.38. The van der Waals surface area contributed by atoms with E-state index in [1.165, 1.54) is 5.56 Å². The molecule has 2 unspecified atom stereocenters. The van der Waals surface area contributed by atoms with Crippen molar-refractivity contribution in [1.29, 1.82) is 0 Å². The number of pyridine rings is 1. The standard InChI is InChI=1S/C32H31N3O3/c1-2-29(31(36)34-22-23-10-9-18-33-21-23)38-27-16-15-24-17-19-35(32(37)26-13-7-4-8-14-26)30(28(24)20-27)25-11-5-3-6-12-25/h3-16,18,20-21,29-30H,2,17,19,22H2,1H3,(H,34,36). The Morgan fingerprint density at radius 2 is 1.76 bits per heavy atom. The van der Waals surface area contributed by atoms with Crippen LogP contribution in [0.3, 0.4) is 0 Å². The summed E-state index contributed by atoms with van der Waals surface area (Å²) in [5.41, 5.74) is 4.84. The van der Waals surface area contributed by atoms with Crippen LogP contribution in [0.15, 0.2) is 103 Å². The number of fused-ring (bicyclic) bond motifs is 1. The third-order valence-corrected chi connectivity index (χ3v) is 6.87. The Bertz CT molecular complexity index is 1380. The summed E-state index contributed by atoms with van der Waals surface area (Å²) < 4.78 is 6.21. The quantitative estimate of drug-likeness (QED) is 0.351. The van der Waals surface area contributed by atoms with E-state index < -0.39 is 6.10 Å². The maximum absolute atomic E-state index is 13.6. The van der Waals surface area contributed by atoms with Crippen LogP contribution in [0, 0.1) is 0 Å². The average molecular weight is 506 g/mol. The minimum absolute atomic E-state index is 0.00219. The fourth-order valence-electron chi connectivity index (χ4n) is 4.92. The molecule has 0 saturated heterocycles. The second-order valence-corrected chi connectivity index (χ2v) is 9.38. The molecule has 5 rings (SSSR count). The number of hydrogen-bond acceptors (Lipinski definition) is 4. The number of carbonyl (C=O) groups is 2. The molecule has 0 radical (unpaired) electrons. The van der Waals surface area contributed by atoms with Gasteiger partial charge in [0.1, 0.15) is 5.75 Å². The third-order valence-electron chi connectivity index (χ3n) is 6.87. The number of carbonyl (C=O) groups excluding carboxylic acids is 2. The van der Waals surface area contributed by atoms with Gasteiger partial charge in [0, 0.05) is 31.0 Å². The summed E-state index contributed by atoms with van der Waals surface area (Å²) in [6, 6.07) is 29.0. The van der Waals surface area contributed by atoms with Gasteiger partial charge in [0.15, 0.2) is 6.10 Å². The molecule has 4 aromatic rings. The molecule has 2 amide bonds. The van der Waals surface area contributed by atoms with E-state index in [2.05, 4.69) is 28.5 Å². The zero-order chi connectivity index (χ0) is 26.3. The number of benzene rings is 3. The second-order valence-electron chi connectivity index (χ2n) is 9.38. The van der Waals surface area contributed by atoms with Crippen LogP contribution in [0.25, 0.3) is 0 Å². The van der Waals surface area contributed by atoms with Crippen LogP contribution < -0.4 is 10.1 Å². The van der Waals surface area contributed by atoms with E-state index in [1.807, 2.05) is 84.6 Å². The van der Waals surface area contributed by atoms with Crippen LogP contribution >= 0.6 is 0 Å². The van der Waals surface area contributed by atoms with Gasteiger partial charge >= 0.3 is 0 Å².